The monoisotopic (exact) mass is 807 g/mol. The van der Waals surface area contributed by atoms with Crippen LogP contribution < -0.4 is 11.6 Å². The van der Waals surface area contributed by atoms with Gasteiger partial charge in [-0.05, 0) is 94.7 Å². The first-order valence-corrected chi connectivity index (χ1v) is 22.0. The molecule has 0 aromatic rings. The van der Waals surface area contributed by atoms with Crippen molar-refractivity contribution in [3.63, 3.8) is 0 Å². The summed E-state index contributed by atoms with van der Waals surface area (Å²) < 4.78 is 12.5. The standard InChI is InChI=1S/C40H79IN4O4/c1-3-5-7-8-15-24-37-48-39(46)28-19-11-9-13-22-32-44(34-25-35-45(43)36-31-42)33-23-14-10-12-20-29-40(47)49-38(26-17-6-4-2)27-18-16-21-30-41/h31,36,38H,3-30,32-35,37,42-43H2,1-2H3/b36-31-. The topological polar surface area (TPSA) is 111 Å². The lowest BCUT2D eigenvalue weighted by Crippen LogP contribution is -2.32. The van der Waals surface area contributed by atoms with Crippen LogP contribution in [0.15, 0.2) is 12.4 Å². The highest BCUT2D eigenvalue weighted by atomic mass is 127. The summed E-state index contributed by atoms with van der Waals surface area (Å²) in [5, 5.41) is 1.65. The second-order valence-corrected chi connectivity index (χ2v) is 15.0. The summed E-state index contributed by atoms with van der Waals surface area (Å²) in [5.74, 6) is 5.95. The van der Waals surface area contributed by atoms with Crippen LogP contribution in [0.5, 0.6) is 0 Å². The molecule has 0 amide bonds. The van der Waals surface area contributed by atoms with Crippen molar-refractivity contribution < 1.29 is 19.1 Å². The van der Waals surface area contributed by atoms with Crippen LogP contribution in [0, 0.1) is 0 Å². The van der Waals surface area contributed by atoms with Gasteiger partial charge in [0.1, 0.15) is 6.10 Å². The van der Waals surface area contributed by atoms with Gasteiger partial charge in [0.2, 0.25) is 0 Å². The number of carbonyl (C=O) groups is 2. The Morgan fingerprint density at radius 2 is 1.10 bits per heavy atom. The zero-order valence-electron chi connectivity index (χ0n) is 32.1. The van der Waals surface area contributed by atoms with Crippen LogP contribution in [-0.2, 0) is 19.1 Å². The predicted octanol–water partition coefficient (Wildman–Crippen LogP) is 10.4. The van der Waals surface area contributed by atoms with Crippen molar-refractivity contribution in [2.75, 3.05) is 37.2 Å². The Bertz CT molecular complexity index is 758. The summed E-state index contributed by atoms with van der Waals surface area (Å²) in [6.45, 7) is 9.04. The van der Waals surface area contributed by atoms with Crippen molar-refractivity contribution in [2.24, 2.45) is 11.6 Å². The SMILES string of the molecule is CCCCCCCCOC(=O)CCCCCCCN(CCCCCCCC(=O)OC(CCCCC)CCCCCI)CCCN(N)/C=C\N. The average Bonchev–Trinajstić information content (AvgIpc) is 3.08. The van der Waals surface area contributed by atoms with Gasteiger partial charge in [0.15, 0.2) is 0 Å². The maximum absolute atomic E-state index is 12.6. The molecule has 9 heteroatoms. The van der Waals surface area contributed by atoms with Crippen LogP contribution in [0.25, 0.3) is 0 Å². The van der Waals surface area contributed by atoms with Gasteiger partial charge >= 0.3 is 11.9 Å². The average molecular weight is 807 g/mol. The Labute approximate surface area is 316 Å². The number of unbranched alkanes of at least 4 members (excludes halogenated alkanes) is 17. The molecule has 290 valence electrons. The molecule has 8 nitrogen and oxygen atoms in total. The van der Waals surface area contributed by atoms with Crippen LogP contribution in [0.1, 0.15) is 187 Å². The minimum Gasteiger partial charge on any atom is -0.466 e. The normalized spacial score (nSPS) is 12.2. The van der Waals surface area contributed by atoms with E-state index in [2.05, 4.69) is 41.3 Å². The first-order valence-electron chi connectivity index (χ1n) is 20.5. The van der Waals surface area contributed by atoms with Crippen molar-refractivity contribution in [3.8, 4) is 0 Å². The lowest BCUT2D eigenvalue weighted by molar-refractivity contribution is -0.150. The molecule has 0 aliphatic rings. The number of esters is 2. The van der Waals surface area contributed by atoms with E-state index in [1.54, 1.807) is 11.2 Å². The number of rotatable bonds is 38. The third-order valence-electron chi connectivity index (χ3n) is 9.23. The van der Waals surface area contributed by atoms with Gasteiger partial charge in [0, 0.05) is 31.8 Å². The third kappa shape index (κ3) is 35.1. The smallest absolute Gasteiger partial charge is 0.306 e. The zero-order chi connectivity index (χ0) is 36.0. The van der Waals surface area contributed by atoms with E-state index in [1.165, 1.54) is 87.7 Å². The van der Waals surface area contributed by atoms with Crippen molar-refractivity contribution in [3.05, 3.63) is 12.4 Å². The maximum atomic E-state index is 12.6. The molecule has 0 heterocycles. The summed E-state index contributed by atoms with van der Waals surface area (Å²) >= 11 is 2.44. The number of carbonyl (C=O) groups excluding carboxylic acids is 2. The van der Waals surface area contributed by atoms with E-state index in [1.807, 2.05) is 0 Å². The number of nitrogens with zero attached hydrogens (tertiary/aromatic N) is 2. The van der Waals surface area contributed by atoms with E-state index in [0.29, 0.717) is 19.4 Å². The summed E-state index contributed by atoms with van der Waals surface area (Å²) in [4.78, 5) is 27.2. The van der Waals surface area contributed by atoms with Gasteiger partial charge < -0.3 is 25.1 Å². The second kappa shape index (κ2) is 38.2. The first kappa shape index (κ1) is 47.9. The molecule has 0 radical (unpaired) electrons. The van der Waals surface area contributed by atoms with E-state index in [-0.39, 0.29) is 18.0 Å². The van der Waals surface area contributed by atoms with E-state index >= 15 is 0 Å². The molecule has 0 saturated carbocycles. The summed E-state index contributed by atoms with van der Waals surface area (Å²) in [5.41, 5.74) is 5.48. The van der Waals surface area contributed by atoms with E-state index < -0.39 is 0 Å². The number of nitrogens with two attached hydrogens (primary N) is 2. The summed E-state index contributed by atoms with van der Waals surface area (Å²) in [6.07, 6.45) is 33.0. The summed E-state index contributed by atoms with van der Waals surface area (Å²) in [7, 11) is 0. The van der Waals surface area contributed by atoms with Crippen LogP contribution in [0.2, 0.25) is 0 Å². The molecule has 0 fully saturated rings. The van der Waals surface area contributed by atoms with Crippen LogP contribution >= 0.6 is 22.6 Å². The molecule has 0 aliphatic carbocycles. The van der Waals surface area contributed by atoms with Gasteiger partial charge in [-0.3, -0.25) is 9.59 Å². The van der Waals surface area contributed by atoms with E-state index in [0.717, 1.165) is 110 Å². The molecular formula is C40H79IN4O4. The predicted molar refractivity (Wildman–Crippen MR) is 216 cm³/mol. The molecule has 49 heavy (non-hydrogen) atoms. The zero-order valence-corrected chi connectivity index (χ0v) is 34.3. The minimum atomic E-state index is -0.0301. The molecule has 0 bridgehead atoms. The largest absolute Gasteiger partial charge is 0.466 e. The molecular weight excluding hydrogens is 727 g/mol. The number of alkyl halides is 1. The molecule has 0 rings (SSSR count). The summed E-state index contributed by atoms with van der Waals surface area (Å²) in [6, 6.07) is 0. The lowest BCUT2D eigenvalue weighted by Gasteiger charge is -2.23. The van der Waals surface area contributed by atoms with Crippen LogP contribution in [0.4, 0.5) is 0 Å². The van der Waals surface area contributed by atoms with Crippen molar-refractivity contribution in [2.45, 2.75) is 193 Å². The maximum Gasteiger partial charge on any atom is 0.306 e. The third-order valence-corrected chi connectivity index (χ3v) is 9.99. The Balaban J connectivity index is 4.21. The van der Waals surface area contributed by atoms with Gasteiger partial charge in [-0.1, -0.05) is 126 Å². The van der Waals surface area contributed by atoms with E-state index in [9.17, 15) is 9.59 Å². The van der Waals surface area contributed by atoms with Gasteiger partial charge in [-0.25, -0.2) is 5.84 Å². The molecule has 0 aromatic carbocycles. The van der Waals surface area contributed by atoms with Crippen molar-refractivity contribution in [1.29, 1.82) is 0 Å². The van der Waals surface area contributed by atoms with Gasteiger partial charge in [-0.2, -0.15) is 0 Å². The molecule has 1 unspecified atom stereocenters. The first-order chi connectivity index (χ1) is 24.0. The highest BCUT2D eigenvalue weighted by Gasteiger charge is 2.14. The number of hydrogen-bond donors (Lipinski definition) is 2. The quantitative estimate of drug-likeness (QED) is 0.0158. The van der Waals surface area contributed by atoms with E-state index in [4.69, 9.17) is 21.1 Å². The molecule has 1 atom stereocenters. The van der Waals surface area contributed by atoms with Gasteiger partial charge in [-0.15, -0.1) is 0 Å². The van der Waals surface area contributed by atoms with Gasteiger partial charge in [0.05, 0.1) is 6.61 Å². The van der Waals surface area contributed by atoms with Crippen LogP contribution in [-0.4, -0.2) is 65.2 Å². The second-order valence-electron chi connectivity index (χ2n) is 13.9. The Morgan fingerprint density at radius 3 is 1.71 bits per heavy atom. The van der Waals surface area contributed by atoms with Crippen LogP contribution in [0.3, 0.4) is 0 Å². The lowest BCUT2D eigenvalue weighted by atomic mass is 10.0. The number of hydrazine groups is 1. The minimum absolute atomic E-state index is 0.00317. The van der Waals surface area contributed by atoms with Crippen molar-refractivity contribution in [1.82, 2.24) is 9.91 Å². The number of ether oxygens (including phenoxy) is 2. The van der Waals surface area contributed by atoms with Gasteiger partial charge in [0.25, 0.3) is 0 Å². The molecule has 0 aromatic heterocycles. The van der Waals surface area contributed by atoms with Crippen molar-refractivity contribution >= 4 is 34.5 Å². The fourth-order valence-electron chi connectivity index (χ4n) is 6.18. The Hall–Kier alpha value is -1.07. The Kier molecular flexibility index (Phi) is 37.3. The Morgan fingerprint density at radius 1 is 0.612 bits per heavy atom. The molecule has 0 saturated heterocycles. The highest BCUT2D eigenvalue weighted by Crippen LogP contribution is 2.17. The highest BCUT2D eigenvalue weighted by molar-refractivity contribution is 14.1. The number of halogens is 1. The molecule has 4 N–H and O–H groups in total. The fourth-order valence-corrected chi connectivity index (χ4v) is 6.72. The number of hydrogen-bond acceptors (Lipinski definition) is 8. The molecule has 0 spiro atoms. The molecule has 0 aliphatic heterocycles. The fraction of sp³-hybridized carbons (Fsp3) is 0.900.